The number of hydrogen-bond acceptors (Lipinski definition) is 4. The average Bonchev–Trinajstić information content (AvgIpc) is 2.22. The highest BCUT2D eigenvalue weighted by Gasteiger charge is 2.09. The molecule has 0 atom stereocenters. The summed E-state index contributed by atoms with van der Waals surface area (Å²) in [6.07, 6.45) is 0. The molecule has 0 fully saturated rings. The molecule has 0 radical (unpaired) electrons. The maximum atomic E-state index is 11.4. The molecule has 0 saturated carbocycles. The number of benzene rings is 1. The van der Waals surface area contributed by atoms with Gasteiger partial charge >= 0.3 is 5.97 Å². The predicted octanol–water partition coefficient (Wildman–Crippen LogP) is 1.72. The third kappa shape index (κ3) is 2.95. The van der Waals surface area contributed by atoms with Crippen molar-refractivity contribution in [1.29, 1.82) is 0 Å². The van der Waals surface area contributed by atoms with E-state index in [1.54, 1.807) is 13.0 Å². The second-order valence-electron chi connectivity index (χ2n) is 3.00. The summed E-state index contributed by atoms with van der Waals surface area (Å²) in [6.45, 7) is 2.34. The monoisotopic (exact) mass is 210 g/mol. The van der Waals surface area contributed by atoms with Crippen LogP contribution in [0.2, 0.25) is 0 Å². The molecule has 0 aliphatic heterocycles. The van der Waals surface area contributed by atoms with E-state index >= 15 is 0 Å². The Balaban J connectivity index is 2.91. The zero-order chi connectivity index (χ0) is 11.3. The van der Waals surface area contributed by atoms with E-state index in [-0.39, 0.29) is 12.4 Å². The Kier molecular flexibility index (Phi) is 4.12. The lowest BCUT2D eigenvalue weighted by molar-refractivity contribution is 0.0526. The van der Waals surface area contributed by atoms with Gasteiger partial charge in [-0.15, -0.1) is 0 Å². The highest BCUT2D eigenvalue weighted by Crippen LogP contribution is 2.19. The number of carbonyl (C=O) groups is 1. The molecule has 4 heteroatoms. The Bertz CT molecular complexity index is 346. The Labute approximate surface area is 88.4 Å². The van der Waals surface area contributed by atoms with Crippen molar-refractivity contribution in [2.24, 2.45) is 0 Å². The van der Waals surface area contributed by atoms with Crippen molar-refractivity contribution in [2.45, 2.75) is 13.5 Å². The molecule has 15 heavy (non-hydrogen) atoms. The number of phenolic OH excluding ortho intramolecular Hbond substituents is 1. The third-order valence-corrected chi connectivity index (χ3v) is 1.89. The number of phenols is 1. The molecule has 0 aromatic heterocycles. The van der Waals surface area contributed by atoms with Gasteiger partial charge in [0.25, 0.3) is 0 Å². The van der Waals surface area contributed by atoms with E-state index < -0.39 is 5.97 Å². The maximum absolute atomic E-state index is 11.4. The van der Waals surface area contributed by atoms with Gasteiger partial charge in [0.05, 0.1) is 18.8 Å². The van der Waals surface area contributed by atoms with E-state index in [2.05, 4.69) is 0 Å². The lowest BCUT2D eigenvalue weighted by Crippen LogP contribution is -2.05. The first-order chi connectivity index (χ1) is 7.19. The van der Waals surface area contributed by atoms with E-state index in [1.807, 2.05) is 0 Å². The average molecular weight is 210 g/mol. The van der Waals surface area contributed by atoms with Crippen LogP contribution in [0.25, 0.3) is 0 Å². The van der Waals surface area contributed by atoms with Crippen LogP contribution in [-0.4, -0.2) is 24.8 Å². The molecule has 4 nitrogen and oxygen atoms in total. The molecular formula is C11H14O4. The first-order valence-electron chi connectivity index (χ1n) is 4.67. The van der Waals surface area contributed by atoms with Gasteiger partial charge in [-0.25, -0.2) is 4.79 Å². The minimum atomic E-state index is -0.394. The summed E-state index contributed by atoms with van der Waals surface area (Å²) in [5.74, 6) is -0.278. The van der Waals surface area contributed by atoms with Gasteiger partial charge in [0.15, 0.2) is 0 Å². The van der Waals surface area contributed by atoms with Gasteiger partial charge < -0.3 is 14.6 Å². The standard InChI is InChI=1S/C11H14O4/c1-3-15-11(13)8-4-5-10(12)9(6-8)7-14-2/h4-6,12H,3,7H2,1-2H3. The Morgan fingerprint density at radius 3 is 2.80 bits per heavy atom. The summed E-state index contributed by atoms with van der Waals surface area (Å²) in [7, 11) is 1.52. The molecule has 0 aliphatic rings. The number of methoxy groups -OCH3 is 1. The van der Waals surface area contributed by atoms with Crippen LogP contribution in [0.15, 0.2) is 18.2 Å². The van der Waals surface area contributed by atoms with Gasteiger partial charge in [0.2, 0.25) is 0 Å². The van der Waals surface area contributed by atoms with Crippen LogP contribution in [0.1, 0.15) is 22.8 Å². The normalized spacial score (nSPS) is 10.0. The Morgan fingerprint density at radius 1 is 1.47 bits per heavy atom. The number of hydrogen-bond donors (Lipinski definition) is 1. The van der Waals surface area contributed by atoms with Gasteiger partial charge in [0.1, 0.15) is 5.75 Å². The molecule has 0 aliphatic carbocycles. The van der Waals surface area contributed by atoms with Crippen LogP contribution in [0.3, 0.4) is 0 Å². The first kappa shape index (κ1) is 11.5. The van der Waals surface area contributed by atoms with Crippen molar-refractivity contribution >= 4 is 5.97 Å². The molecular weight excluding hydrogens is 196 g/mol. The summed E-state index contributed by atoms with van der Waals surface area (Å²) in [5.41, 5.74) is 0.991. The highest BCUT2D eigenvalue weighted by atomic mass is 16.5. The molecule has 1 aromatic carbocycles. The fourth-order valence-corrected chi connectivity index (χ4v) is 1.20. The fourth-order valence-electron chi connectivity index (χ4n) is 1.20. The van der Waals surface area contributed by atoms with E-state index in [1.165, 1.54) is 19.2 Å². The summed E-state index contributed by atoms with van der Waals surface area (Å²) < 4.78 is 9.73. The molecule has 1 rings (SSSR count). The molecule has 1 N–H and O–H groups in total. The van der Waals surface area contributed by atoms with Crippen molar-refractivity contribution in [2.75, 3.05) is 13.7 Å². The molecule has 0 bridgehead atoms. The smallest absolute Gasteiger partial charge is 0.338 e. The van der Waals surface area contributed by atoms with Gasteiger partial charge in [-0.05, 0) is 25.1 Å². The van der Waals surface area contributed by atoms with Crippen LogP contribution in [-0.2, 0) is 16.1 Å². The lowest BCUT2D eigenvalue weighted by atomic mass is 10.1. The van der Waals surface area contributed by atoms with Gasteiger partial charge in [-0.2, -0.15) is 0 Å². The van der Waals surface area contributed by atoms with Crippen molar-refractivity contribution < 1.29 is 19.4 Å². The summed E-state index contributed by atoms with van der Waals surface area (Å²) >= 11 is 0. The van der Waals surface area contributed by atoms with Crippen LogP contribution in [0.4, 0.5) is 0 Å². The van der Waals surface area contributed by atoms with Gasteiger partial charge in [-0.1, -0.05) is 0 Å². The van der Waals surface area contributed by atoms with Crippen molar-refractivity contribution in [3.05, 3.63) is 29.3 Å². The van der Waals surface area contributed by atoms with E-state index in [9.17, 15) is 9.90 Å². The topological polar surface area (TPSA) is 55.8 Å². The minimum Gasteiger partial charge on any atom is -0.508 e. The number of rotatable bonds is 4. The van der Waals surface area contributed by atoms with Crippen LogP contribution in [0.5, 0.6) is 5.75 Å². The van der Waals surface area contributed by atoms with Crippen molar-refractivity contribution in [3.8, 4) is 5.75 Å². The van der Waals surface area contributed by atoms with Crippen LogP contribution < -0.4 is 0 Å². The van der Waals surface area contributed by atoms with Crippen molar-refractivity contribution in [1.82, 2.24) is 0 Å². The van der Waals surface area contributed by atoms with E-state index in [4.69, 9.17) is 9.47 Å². The number of esters is 1. The SMILES string of the molecule is CCOC(=O)c1ccc(O)c(COC)c1. The van der Waals surface area contributed by atoms with Crippen LogP contribution >= 0.6 is 0 Å². The largest absolute Gasteiger partial charge is 0.508 e. The third-order valence-electron chi connectivity index (χ3n) is 1.89. The number of ether oxygens (including phenoxy) is 2. The highest BCUT2D eigenvalue weighted by molar-refractivity contribution is 5.89. The number of carbonyl (C=O) groups excluding carboxylic acids is 1. The Morgan fingerprint density at radius 2 is 2.20 bits per heavy atom. The molecule has 1 aromatic rings. The molecule has 0 amide bonds. The van der Waals surface area contributed by atoms with Gasteiger partial charge in [0, 0.05) is 12.7 Å². The summed E-state index contributed by atoms with van der Waals surface area (Å²) in [5, 5.41) is 9.45. The fraction of sp³-hybridized carbons (Fsp3) is 0.364. The van der Waals surface area contributed by atoms with E-state index in [0.29, 0.717) is 17.7 Å². The zero-order valence-electron chi connectivity index (χ0n) is 8.82. The summed E-state index contributed by atoms with van der Waals surface area (Å²) in [6, 6.07) is 4.55. The molecule has 82 valence electrons. The second kappa shape index (κ2) is 5.36. The predicted molar refractivity (Wildman–Crippen MR) is 54.8 cm³/mol. The van der Waals surface area contributed by atoms with Crippen molar-refractivity contribution in [3.63, 3.8) is 0 Å². The van der Waals surface area contributed by atoms with E-state index in [0.717, 1.165) is 0 Å². The zero-order valence-corrected chi connectivity index (χ0v) is 8.82. The minimum absolute atomic E-state index is 0.116. The quantitative estimate of drug-likeness (QED) is 0.769. The Hall–Kier alpha value is -1.55. The summed E-state index contributed by atoms with van der Waals surface area (Å²) in [4.78, 5) is 11.4. The van der Waals surface area contributed by atoms with Gasteiger partial charge in [-0.3, -0.25) is 0 Å². The lowest BCUT2D eigenvalue weighted by Gasteiger charge is -2.06. The first-order valence-corrected chi connectivity index (χ1v) is 4.67. The second-order valence-corrected chi connectivity index (χ2v) is 3.00. The maximum Gasteiger partial charge on any atom is 0.338 e. The van der Waals surface area contributed by atoms with Crippen LogP contribution in [0, 0.1) is 0 Å². The molecule has 0 spiro atoms. The number of aromatic hydroxyl groups is 1. The molecule has 0 heterocycles. The molecule has 0 unspecified atom stereocenters. The molecule has 0 saturated heterocycles.